The second-order valence-corrected chi connectivity index (χ2v) is 10.2. The molecule has 0 aliphatic carbocycles. The fraction of sp³-hybridized carbons (Fsp3) is 0.346. The first kappa shape index (κ1) is 23.3. The Kier molecular flexibility index (Phi) is 7.00. The fourth-order valence-electron chi connectivity index (χ4n) is 4.38. The maximum absolute atomic E-state index is 13.5. The number of hydrogen-bond donors (Lipinski definition) is 0. The number of fused-ring (bicyclic) bond motifs is 1. The van der Waals surface area contributed by atoms with Crippen LogP contribution in [-0.4, -0.2) is 45.4 Å². The van der Waals surface area contributed by atoms with Gasteiger partial charge in [0, 0.05) is 30.9 Å². The second kappa shape index (κ2) is 9.93. The summed E-state index contributed by atoms with van der Waals surface area (Å²) in [4.78, 5) is 15.2. The summed E-state index contributed by atoms with van der Waals surface area (Å²) in [5, 5.41) is 2.14. The van der Waals surface area contributed by atoms with Gasteiger partial charge in [0.1, 0.15) is 10.6 Å². The van der Waals surface area contributed by atoms with Gasteiger partial charge in [-0.3, -0.25) is 4.79 Å². The SMILES string of the molecule is CCN(C(=O)c1ccc(OC)c(S(=O)(=O)N2CCCCCC2)c1)c1ccc2ccccc2c1. The van der Waals surface area contributed by atoms with Crippen LogP contribution in [0.1, 0.15) is 43.0 Å². The number of benzene rings is 3. The Morgan fingerprint density at radius 3 is 2.30 bits per heavy atom. The number of carbonyl (C=O) groups is 1. The van der Waals surface area contributed by atoms with E-state index in [-0.39, 0.29) is 16.6 Å². The van der Waals surface area contributed by atoms with E-state index in [1.807, 2.05) is 49.4 Å². The van der Waals surface area contributed by atoms with E-state index < -0.39 is 10.0 Å². The van der Waals surface area contributed by atoms with Crippen LogP contribution in [0.15, 0.2) is 65.6 Å². The highest BCUT2D eigenvalue weighted by atomic mass is 32.2. The first-order valence-corrected chi connectivity index (χ1v) is 12.9. The molecular formula is C26H30N2O4S. The normalized spacial score (nSPS) is 15.2. The molecule has 1 aliphatic heterocycles. The van der Waals surface area contributed by atoms with Gasteiger partial charge in [-0.25, -0.2) is 8.42 Å². The molecule has 7 heteroatoms. The molecule has 1 fully saturated rings. The first-order chi connectivity index (χ1) is 16.0. The molecule has 0 saturated carbocycles. The molecule has 0 radical (unpaired) electrons. The maximum atomic E-state index is 13.5. The third-order valence-corrected chi connectivity index (χ3v) is 8.12. The molecule has 3 aromatic rings. The summed E-state index contributed by atoms with van der Waals surface area (Å²) in [6.45, 7) is 3.34. The van der Waals surface area contributed by atoms with Gasteiger partial charge in [-0.1, -0.05) is 43.2 Å². The molecule has 6 nitrogen and oxygen atoms in total. The molecular weight excluding hydrogens is 436 g/mol. The van der Waals surface area contributed by atoms with Gasteiger partial charge in [-0.05, 0) is 60.9 Å². The number of methoxy groups -OCH3 is 1. The standard InChI is InChI=1S/C26H30N2O4S/c1-3-28(23-14-12-20-10-6-7-11-21(20)18-23)26(29)22-13-15-24(32-2)25(19-22)33(30,31)27-16-8-4-5-9-17-27/h6-7,10-15,18-19H,3-5,8-9,16-17H2,1-2H3. The minimum atomic E-state index is -3.77. The average Bonchev–Trinajstić information content (AvgIpc) is 3.14. The molecule has 0 bridgehead atoms. The summed E-state index contributed by atoms with van der Waals surface area (Å²) in [5.41, 5.74) is 1.09. The highest BCUT2D eigenvalue weighted by Gasteiger charge is 2.30. The number of carbonyl (C=O) groups excluding carboxylic acids is 1. The van der Waals surface area contributed by atoms with E-state index in [1.54, 1.807) is 17.0 Å². The van der Waals surface area contributed by atoms with Crippen molar-refractivity contribution in [3.8, 4) is 5.75 Å². The van der Waals surface area contributed by atoms with Crippen LogP contribution in [0.25, 0.3) is 10.8 Å². The highest BCUT2D eigenvalue weighted by molar-refractivity contribution is 7.89. The van der Waals surface area contributed by atoms with Crippen LogP contribution in [-0.2, 0) is 10.0 Å². The minimum Gasteiger partial charge on any atom is -0.495 e. The zero-order valence-electron chi connectivity index (χ0n) is 19.2. The fourth-order valence-corrected chi connectivity index (χ4v) is 6.07. The second-order valence-electron chi connectivity index (χ2n) is 8.26. The number of nitrogens with zero attached hydrogens (tertiary/aromatic N) is 2. The summed E-state index contributed by atoms with van der Waals surface area (Å²) >= 11 is 0. The summed E-state index contributed by atoms with van der Waals surface area (Å²) in [6.07, 6.45) is 3.73. The van der Waals surface area contributed by atoms with Crippen molar-refractivity contribution >= 4 is 32.4 Å². The molecule has 1 amide bonds. The smallest absolute Gasteiger partial charge is 0.258 e. The maximum Gasteiger partial charge on any atom is 0.258 e. The van der Waals surface area contributed by atoms with Gasteiger partial charge in [0.15, 0.2) is 0 Å². The molecule has 1 heterocycles. The average molecular weight is 467 g/mol. The zero-order chi connectivity index (χ0) is 23.4. The largest absolute Gasteiger partial charge is 0.495 e. The molecule has 0 spiro atoms. The van der Waals surface area contributed by atoms with E-state index in [9.17, 15) is 13.2 Å². The number of hydrogen-bond acceptors (Lipinski definition) is 4. The minimum absolute atomic E-state index is 0.0484. The lowest BCUT2D eigenvalue weighted by molar-refractivity contribution is 0.0988. The Hall–Kier alpha value is -2.90. The number of amides is 1. The van der Waals surface area contributed by atoms with Crippen LogP contribution in [0.2, 0.25) is 0 Å². The number of ether oxygens (including phenoxy) is 1. The van der Waals surface area contributed by atoms with Crippen LogP contribution >= 0.6 is 0 Å². The van der Waals surface area contributed by atoms with Gasteiger partial charge in [-0.15, -0.1) is 0 Å². The van der Waals surface area contributed by atoms with Crippen molar-refractivity contribution in [2.24, 2.45) is 0 Å². The van der Waals surface area contributed by atoms with Crippen LogP contribution in [0, 0.1) is 0 Å². The monoisotopic (exact) mass is 466 g/mol. The summed E-state index contributed by atoms with van der Waals surface area (Å²) in [5.74, 6) is 0.00676. The molecule has 3 aromatic carbocycles. The Bertz CT molecular complexity index is 1250. The van der Waals surface area contributed by atoms with Crippen molar-refractivity contribution in [2.75, 3.05) is 31.6 Å². The van der Waals surface area contributed by atoms with E-state index in [4.69, 9.17) is 4.74 Å². The van der Waals surface area contributed by atoms with Crippen molar-refractivity contribution in [2.45, 2.75) is 37.5 Å². The third kappa shape index (κ3) is 4.75. The number of rotatable bonds is 6. The molecule has 0 unspecified atom stereocenters. The van der Waals surface area contributed by atoms with E-state index in [2.05, 4.69) is 0 Å². The Balaban J connectivity index is 1.71. The van der Waals surface area contributed by atoms with Crippen molar-refractivity contribution in [1.82, 2.24) is 4.31 Å². The topological polar surface area (TPSA) is 66.9 Å². The van der Waals surface area contributed by atoms with E-state index in [0.717, 1.165) is 42.1 Å². The molecule has 1 saturated heterocycles. The van der Waals surface area contributed by atoms with E-state index >= 15 is 0 Å². The lowest BCUT2D eigenvalue weighted by atomic mass is 10.1. The first-order valence-electron chi connectivity index (χ1n) is 11.4. The Morgan fingerprint density at radius 2 is 1.64 bits per heavy atom. The van der Waals surface area contributed by atoms with Gasteiger partial charge < -0.3 is 9.64 Å². The summed E-state index contributed by atoms with van der Waals surface area (Å²) in [6, 6.07) is 18.5. The summed E-state index contributed by atoms with van der Waals surface area (Å²) < 4.78 is 33.8. The highest BCUT2D eigenvalue weighted by Crippen LogP contribution is 2.31. The van der Waals surface area contributed by atoms with E-state index in [1.165, 1.54) is 17.5 Å². The lowest BCUT2D eigenvalue weighted by Gasteiger charge is -2.24. The van der Waals surface area contributed by atoms with Crippen LogP contribution in [0.3, 0.4) is 0 Å². The predicted molar refractivity (Wildman–Crippen MR) is 132 cm³/mol. The van der Waals surface area contributed by atoms with Crippen molar-refractivity contribution in [1.29, 1.82) is 0 Å². The van der Waals surface area contributed by atoms with E-state index in [0.29, 0.717) is 25.2 Å². The van der Waals surface area contributed by atoms with Crippen LogP contribution in [0.5, 0.6) is 5.75 Å². The lowest BCUT2D eigenvalue weighted by Crippen LogP contribution is -2.33. The molecule has 0 N–H and O–H groups in total. The van der Waals surface area contributed by atoms with Crippen molar-refractivity contribution < 1.29 is 17.9 Å². The number of sulfonamides is 1. The molecule has 0 aromatic heterocycles. The Morgan fingerprint density at radius 1 is 0.939 bits per heavy atom. The van der Waals surface area contributed by atoms with Gasteiger partial charge in [0.25, 0.3) is 5.91 Å². The molecule has 33 heavy (non-hydrogen) atoms. The quantitative estimate of drug-likeness (QED) is 0.508. The number of anilines is 1. The van der Waals surface area contributed by atoms with Crippen LogP contribution in [0.4, 0.5) is 5.69 Å². The van der Waals surface area contributed by atoms with Gasteiger partial charge in [-0.2, -0.15) is 4.31 Å². The summed E-state index contributed by atoms with van der Waals surface area (Å²) in [7, 11) is -2.32. The van der Waals surface area contributed by atoms with Gasteiger partial charge >= 0.3 is 0 Å². The molecule has 1 aliphatic rings. The third-order valence-electron chi connectivity index (χ3n) is 6.20. The van der Waals surface area contributed by atoms with Crippen LogP contribution < -0.4 is 9.64 Å². The zero-order valence-corrected chi connectivity index (χ0v) is 20.0. The molecule has 0 atom stereocenters. The van der Waals surface area contributed by atoms with Gasteiger partial charge in [0.05, 0.1) is 7.11 Å². The van der Waals surface area contributed by atoms with Crippen molar-refractivity contribution in [3.05, 3.63) is 66.2 Å². The molecule has 4 rings (SSSR count). The molecule has 174 valence electrons. The van der Waals surface area contributed by atoms with Crippen molar-refractivity contribution in [3.63, 3.8) is 0 Å². The Labute approximate surface area is 195 Å². The van der Waals surface area contributed by atoms with Gasteiger partial charge in [0.2, 0.25) is 10.0 Å². The predicted octanol–water partition coefficient (Wildman–Crippen LogP) is 5.08.